The molecule has 1 saturated heterocycles. The Hall–Kier alpha value is -1.72. The van der Waals surface area contributed by atoms with Crippen LogP contribution < -0.4 is 5.32 Å². The van der Waals surface area contributed by atoms with Gasteiger partial charge in [0, 0.05) is 24.1 Å². The molecule has 1 aromatic heterocycles. The van der Waals surface area contributed by atoms with Gasteiger partial charge in [0.2, 0.25) is 0 Å². The lowest BCUT2D eigenvalue weighted by Crippen LogP contribution is -2.51. The molecule has 0 unspecified atom stereocenters. The zero-order chi connectivity index (χ0) is 17.4. The summed E-state index contributed by atoms with van der Waals surface area (Å²) in [5.41, 5.74) is 1.00. The van der Waals surface area contributed by atoms with Crippen molar-refractivity contribution in [2.75, 3.05) is 13.2 Å². The summed E-state index contributed by atoms with van der Waals surface area (Å²) in [7, 11) is 0. The Kier molecular flexibility index (Phi) is 4.38. The quantitative estimate of drug-likeness (QED) is 0.911. The van der Waals surface area contributed by atoms with E-state index in [-0.39, 0.29) is 5.54 Å². The maximum atomic E-state index is 5.93. The molecule has 1 aliphatic heterocycles. The van der Waals surface area contributed by atoms with Crippen molar-refractivity contribution in [3.05, 3.63) is 36.2 Å². The number of hydrogen-bond acceptors (Lipinski definition) is 4. The second-order valence-corrected chi connectivity index (χ2v) is 8.22. The smallest absolute Gasteiger partial charge is 0.181 e. The number of fused-ring (bicyclic) bond motifs is 1. The molecule has 5 heteroatoms. The third-order valence-corrected chi connectivity index (χ3v) is 5.29. The Morgan fingerprint density at radius 2 is 1.96 bits per heavy atom. The summed E-state index contributed by atoms with van der Waals surface area (Å²) in [6.45, 7) is 8.39. The normalized spacial score (nSPS) is 27.1. The molecule has 134 valence electrons. The van der Waals surface area contributed by atoms with E-state index in [1.165, 1.54) is 0 Å². The van der Waals surface area contributed by atoms with Crippen LogP contribution in [0.3, 0.4) is 0 Å². The van der Waals surface area contributed by atoms with E-state index in [9.17, 15) is 0 Å². The molecule has 4 rings (SSSR count). The Morgan fingerprint density at radius 1 is 1.16 bits per heavy atom. The van der Waals surface area contributed by atoms with E-state index in [1.54, 1.807) is 0 Å². The van der Waals surface area contributed by atoms with E-state index in [2.05, 4.69) is 42.9 Å². The van der Waals surface area contributed by atoms with Crippen molar-refractivity contribution in [2.45, 2.75) is 63.6 Å². The lowest BCUT2D eigenvalue weighted by molar-refractivity contribution is -0.0284. The summed E-state index contributed by atoms with van der Waals surface area (Å²) in [6.07, 6.45) is 3.66. The molecular weight excluding hydrogens is 312 g/mol. The maximum Gasteiger partial charge on any atom is 0.181 e. The third kappa shape index (κ3) is 3.35. The van der Waals surface area contributed by atoms with E-state index in [1.807, 2.05) is 18.2 Å². The monoisotopic (exact) mass is 340 g/mol. The second-order valence-electron chi connectivity index (χ2n) is 8.22. The van der Waals surface area contributed by atoms with Gasteiger partial charge in [-0.05, 0) is 40.0 Å². The average molecular weight is 340 g/mol. The van der Waals surface area contributed by atoms with Crippen molar-refractivity contribution in [2.24, 2.45) is 0 Å². The number of benzene rings is 1. The standard InChI is InChI=1S/C20H28N4O/c1-20(2,3)24-19(22-18(23-24)14-7-5-4-6-8-14)15-9-10-17-16(13-15)21-11-12-25-17/h4-8,15-17,21H,9-13H2,1-3H3/t15-,16+,17+/m0/s1. The highest BCUT2D eigenvalue weighted by Crippen LogP contribution is 2.36. The molecule has 2 aromatic rings. The molecule has 1 aromatic carbocycles. The zero-order valence-corrected chi connectivity index (χ0v) is 15.4. The molecule has 2 heterocycles. The Labute approximate surface area is 149 Å². The average Bonchev–Trinajstić information content (AvgIpc) is 3.08. The van der Waals surface area contributed by atoms with Crippen molar-refractivity contribution in [3.63, 3.8) is 0 Å². The molecule has 2 aliphatic rings. The topological polar surface area (TPSA) is 52.0 Å². The van der Waals surface area contributed by atoms with Crippen LogP contribution in [0.25, 0.3) is 11.4 Å². The number of ether oxygens (including phenoxy) is 1. The maximum absolute atomic E-state index is 5.93. The van der Waals surface area contributed by atoms with E-state index in [0.29, 0.717) is 18.1 Å². The first kappa shape index (κ1) is 16.7. The number of nitrogens with one attached hydrogen (secondary N) is 1. The van der Waals surface area contributed by atoms with Crippen LogP contribution in [0.4, 0.5) is 0 Å². The fraction of sp³-hybridized carbons (Fsp3) is 0.600. The fourth-order valence-electron chi connectivity index (χ4n) is 4.04. The summed E-state index contributed by atoms with van der Waals surface area (Å²) in [6, 6.07) is 10.7. The van der Waals surface area contributed by atoms with Crippen molar-refractivity contribution >= 4 is 0 Å². The number of hydrogen-bond donors (Lipinski definition) is 1. The molecular formula is C20H28N4O. The highest BCUT2D eigenvalue weighted by atomic mass is 16.5. The Bertz CT molecular complexity index is 719. The number of nitrogens with zero attached hydrogens (tertiary/aromatic N) is 3. The molecule has 1 saturated carbocycles. The summed E-state index contributed by atoms with van der Waals surface area (Å²) in [5, 5.41) is 8.52. The van der Waals surface area contributed by atoms with Gasteiger partial charge in [0.05, 0.1) is 18.2 Å². The zero-order valence-electron chi connectivity index (χ0n) is 15.4. The van der Waals surface area contributed by atoms with Gasteiger partial charge in [-0.15, -0.1) is 0 Å². The van der Waals surface area contributed by atoms with E-state index in [4.69, 9.17) is 14.8 Å². The second kappa shape index (κ2) is 6.54. The van der Waals surface area contributed by atoms with Gasteiger partial charge < -0.3 is 10.1 Å². The first-order chi connectivity index (χ1) is 12.0. The van der Waals surface area contributed by atoms with Crippen LogP contribution in [0.1, 0.15) is 51.8 Å². The first-order valence-electron chi connectivity index (χ1n) is 9.40. The SMILES string of the molecule is CC(C)(C)n1nc(-c2ccccc2)nc1[C@H]1CC[C@H]2OCCN[C@@H]2C1. The molecule has 0 bridgehead atoms. The van der Waals surface area contributed by atoms with Gasteiger partial charge in [0.25, 0.3) is 0 Å². The molecule has 0 spiro atoms. The summed E-state index contributed by atoms with van der Waals surface area (Å²) < 4.78 is 8.08. The Morgan fingerprint density at radius 3 is 2.72 bits per heavy atom. The van der Waals surface area contributed by atoms with Gasteiger partial charge in [-0.25, -0.2) is 9.67 Å². The highest BCUT2D eigenvalue weighted by Gasteiger charge is 2.37. The Balaban J connectivity index is 1.67. The predicted molar refractivity (Wildman–Crippen MR) is 98.6 cm³/mol. The van der Waals surface area contributed by atoms with Crippen molar-refractivity contribution < 1.29 is 4.74 Å². The molecule has 0 radical (unpaired) electrons. The van der Waals surface area contributed by atoms with Gasteiger partial charge in [0.1, 0.15) is 5.82 Å². The van der Waals surface area contributed by atoms with Crippen LogP contribution in [0.15, 0.2) is 30.3 Å². The fourth-order valence-corrected chi connectivity index (χ4v) is 4.04. The number of aromatic nitrogens is 3. The van der Waals surface area contributed by atoms with Crippen LogP contribution >= 0.6 is 0 Å². The third-order valence-electron chi connectivity index (χ3n) is 5.29. The van der Waals surface area contributed by atoms with Crippen LogP contribution in [0.2, 0.25) is 0 Å². The predicted octanol–water partition coefficient (Wildman–Crippen LogP) is 3.32. The van der Waals surface area contributed by atoms with Gasteiger partial charge in [-0.1, -0.05) is 30.3 Å². The van der Waals surface area contributed by atoms with Gasteiger partial charge in [0.15, 0.2) is 5.82 Å². The molecule has 25 heavy (non-hydrogen) atoms. The van der Waals surface area contributed by atoms with Crippen LogP contribution in [0.5, 0.6) is 0 Å². The van der Waals surface area contributed by atoms with Crippen molar-refractivity contribution in [1.82, 2.24) is 20.1 Å². The van der Waals surface area contributed by atoms with E-state index < -0.39 is 0 Å². The van der Waals surface area contributed by atoms with Gasteiger partial charge in [-0.3, -0.25) is 0 Å². The summed E-state index contributed by atoms with van der Waals surface area (Å²) in [4.78, 5) is 4.99. The molecule has 2 fully saturated rings. The molecule has 5 nitrogen and oxygen atoms in total. The minimum absolute atomic E-state index is 0.0806. The van der Waals surface area contributed by atoms with Crippen LogP contribution in [-0.4, -0.2) is 40.1 Å². The van der Waals surface area contributed by atoms with Crippen LogP contribution in [0, 0.1) is 0 Å². The van der Waals surface area contributed by atoms with E-state index >= 15 is 0 Å². The van der Waals surface area contributed by atoms with Crippen molar-refractivity contribution in [3.8, 4) is 11.4 Å². The largest absolute Gasteiger partial charge is 0.375 e. The number of morpholine rings is 1. The number of rotatable bonds is 2. The van der Waals surface area contributed by atoms with Crippen LogP contribution in [-0.2, 0) is 10.3 Å². The minimum Gasteiger partial charge on any atom is -0.375 e. The van der Waals surface area contributed by atoms with Crippen molar-refractivity contribution in [1.29, 1.82) is 0 Å². The summed E-state index contributed by atoms with van der Waals surface area (Å²) in [5.74, 6) is 2.39. The highest BCUT2D eigenvalue weighted by molar-refractivity contribution is 5.54. The van der Waals surface area contributed by atoms with E-state index in [0.717, 1.165) is 49.6 Å². The molecule has 3 atom stereocenters. The lowest BCUT2D eigenvalue weighted by atomic mass is 9.82. The molecule has 0 amide bonds. The van der Waals surface area contributed by atoms with Gasteiger partial charge in [-0.2, -0.15) is 5.10 Å². The van der Waals surface area contributed by atoms with Gasteiger partial charge >= 0.3 is 0 Å². The lowest BCUT2D eigenvalue weighted by Gasteiger charge is -2.40. The summed E-state index contributed by atoms with van der Waals surface area (Å²) >= 11 is 0. The minimum atomic E-state index is -0.0806. The first-order valence-corrected chi connectivity index (χ1v) is 9.40. The molecule has 1 aliphatic carbocycles. The molecule has 1 N–H and O–H groups in total.